The molecule has 0 bridgehead atoms. The Balaban J connectivity index is 0. The quantitative estimate of drug-likeness (QED) is 0.0329. The molecule has 0 spiro atoms. The van der Waals surface area contributed by atoms with Crippen LogP contribution in [0.25, 0.3) is 0 Å². The lowest BCUT2D eigenvalue weighted by atomic mass is 9.92. The summed E-state index contributed by atoms with van der Waals surface area (Å²) in [5.41, 5.74) is -0.664. The minimum absolute atomic E-state index is 0.107. The maximum atomic E-state index is 12.0. The summed E-state index contributed by atoms with van der Waals surface area (Å²) in [6, 6.07) is 0. The summed E-state index contributed by atoms with van der Waals surface area (Å²) in [5.74, 6) is 1.21. The molecule has 13 heteroatoms. The number of carbonyl (C=O) groups excluding carboxylic acids is 2. The summed E-state index contributed by atoms with van der Waals surface area (Å²) < 4.78 is 36.8. The molecule has 0 N–H and O–H groups in total. The van der Waals surface area contributed by atoms with Gasteiger partial charge >= 0.3 is 11.9 Å². The van der Waals surface area contributed by atoms with Gasteiger partial charge in [-0.05, 0) is 87.4 Å². The molecule has 0 aliphatic rings. The van der Waals surface area contributed by atoms with Crippen LogP contribution in [0.15, 0.2) is 0 Å². The number of hydrogen-bond acceptors (Lipinski definition) is 13. The number of thiocarbonyl (C=S) groups is 4. The first-order valence-electron chi connectivity index (χ1n) is 53.5. The lowest BCUT2D eigenvalue weighted by Gasteiger charge is -2.33. The summed E-state index contributed by atoms with van der Waals surface area (Å²) in [7, 11) is 0. The molecule has 0 rings (SSSR count). The van der Waals surface area contributed by atoms with Gasteiger partial charge in [-0.2, -0.15) is 11.8 Å². The average molecular weight is 1780 g/mol. The van der Waals surface area contributed by atoms with Gasteiger partial charge in [0.05, 0.1) is 26.1 Å². The molecule has 0 radical (unpaired) electrons. The van der Waals surface area contributed by atoms with E-state index >= 15 is 0 Å². The lowest BCUT2D eigenvalue weighted by Crippen LogP contribution is -2.43. The van der Waals surface area contributed by atoms with Crippen molar-refractivity contribution in [1.82, 2.24) is 0 Å². The number of ether oxygens (including phenoxy) is 6. The van der Waals surface area contributed by atoms with Gasteiger partial charge in [-0.1, -0.05) is 517 Å². The lowest BCUT2D eigenvalue weighted by molar-refractivity contribution is -0.144. The Kier molecular flexibility index (Phi) is 106. The average Bonchev–Trinajstić information content (AvgIpc) is 0.852. The minimum atomic E-state index is -0.664. The predicted octanol–water partition coefficient (Wildman–Crippen LogP) is 37.8. The van der Waals surface area contributed by atoms with E-state index in [1.165, 1.54) is 462 Å². The number of esters is 2. The maximum absolute atomic E-state index is 12.0. The van der Waals surface area contributed by atoms with E-state index in [0.717, 1.165) is 77.0 Å². The van der Waals surface area contributed by atoms with Gasteiger partial charge < -0.3 is 28.4 Å². The van der Waals surface area contributed by atoms with E-state index in [4.69, 9.17) is 77.3 Å². The van der Waals surface area contributed by atoms with Gasteiger partial charge in [-0.25, -0.2) is 0 Å². The summed E-state index contributed by atoms with van der Waals surface area (Å²) in [6.07, 6.45) is 111. The Morgan fingerprint density at radius 3 is 0.467 bits per heavy atom. The van der Waals surface area contributed by atoms with Crippen LogP contribution < -0.4 is 0 Å². The highest BCUT2D eigenvalue weighted by atomic mass is 32.2. The van der Waals surface area contributed by atoms with E-state index in [2.05, 4.69) is 41.5 Å². The van der Waals surface area contributed by atoms with Crippen molar-refractivity contribution in [2.45, 2.75) is 594 Å². The van der Waals surface area contributed by atoms with Gasteiger partial charge in [-0.3, -0.25) is 9.59 Å². The predicted molar refractivity (Wildman–Crippen MR) is 547 cm³/mol. The molecule has 0 heterocycles. The molecule has 120 heavy (non-hydrogen) atoms. The summed E-state index contributed by atoms with van der Waals surface area (Å²) in [6.45, 7) is 16.1. The largest absolute Gasteiger partial charge is 0.486 e. The highest BCUT2D eigenvalue weighted by molar-refractivity contribution is 7.99. The Hall–Kier alpha value is -1.15. The van der Waals surface area contributed by atoms with Crippen molar-refractivity contribution in [3.05, 3.63) is 0 Å². The second-order valence-electron chi connectivity index (χ2n) is 36.9. The number of carbonyl (C=O) groups is 2. The third kappa shape index (κ3) is 101. The standard InChI is InChI=1S/C65H124O4S4.C42H82O4S/c1-5-9-13-17-21-25-29-33-37-41-45-49-53-61(70)66-57-65(58-67-62(71)54-50-46-42-38-34-30-26-22-18-14-10-6-2,59-68-63(72)55-51-47-43-39-35-31-27-23-19-15-11-7-3)60-69-64(73)56-52-48-44-40-36-32-28-24-20-16-12-8-4;1-3-5-7-9-11-13-15-17-19-21-23-25-27-29-31-33-37-45-41(43)35-39-47-40-36-42(44)46-38-34-32-30-28-26-24-22-20-18-16-14-12-10-8-6-4-2/h5-60H2,1-4H3;3-40H2,1-2H3. The van der Waals surface area contributed by atoms with Gasteiger partial charge in [0.2, 0.25) is 0 Å². The molecule has 0 fully saturated rings. The molecule has 0 aromatic carbocycles. The topological polar surface area (TPSA) is 89.5 Å². The maximum Gasteiger partial charge on any atom is 0.306 e. The molecule has 8 nitrogen and oxygen atoms in total. The van der Waals surface area contributed by atoms with Crippen LogP contribution in [0.4, 0.5) is 0 Å². The third-order valence-electron chi connectivity index (χ3n) is 24.5. The minimum Gasteiger partial charge on any atom is -0.486 e. The Morgan fingerprint density at radius 1 is 0.183 bits per heavy atom. The number of rotatable bonds is 100. The summed E-state index contributed by atoms with van der Waals surface area (Å²) in [4.78, 5) is 23.9. The van der Waals surface area contributed by atoms with Gasteiger partial charge in [0.15, 0.2) is 20.2 Å². The normalized spacial score (nSPS) is 11.4. The van der Waals surface area contributed by atoms with Crippen LogP contribution in [0.3, 0.4) is 0 Å². The Bertz CT molecular complexity index is 1860. The highest BCUT2D eigenvalue weighted by Crippen LogP contribution is 2.27. The monoisotopic (exact) mass is 1780 g/mol. The molecular weight excluding hydrogens is 1570 g/mol. The van der Waals surface area contributed by atoms with Crippen molar-refractivity contribution in [3.63, 3.8) is 0 Å². The van der Waals surface area contributed by atoms with Crippen LogP contribution in [0.5, 0.6) is 0 Å². The molecule has 0 atom stereocenters. The van der Waals surface area contributed by atoms with Crippen LogP contribution in [0, 0.1) is 5.41 Å². The fourth-order valence-corrected chi connectivity index (χ4v) is 17.8. The van der Waals surface area contributed by atoms with E-state index in [1.54, 1.807) is 11.8 Å². The third-order valence-corrected chi connectivity index (χ3v) is 26.8. The van der Waals surface area contributed by atoms with Crippen LogP contribution in [0.1, 0.15) is 594 Å². The van der Waals surface area contributed by atoms with Crippen molar-refractivity contribution in [2.75, 3.05) is 51.1 Å². The fourth-order valence-electron chi connectivity index (χ4n) is 16.1. The SMILES string of the molecule is CCCCCCCCCCCCCCC(=S)OCC(COC(=S)CCCCCCCCCCCCCC)(COC(=S)CCCCCCCCCCCCCC)COC(=S)CCCCCCCCCCCCCC.CCCCCCCCCCCCCCCCCCOC(=O)CCSCCC(=O)OCCCCCCCCCCCCCCCCCC. The van der Waals surface area contributed by atoms with Gasteiger partial charge in [-0.15, -0.1) is 0 Å². The molecular formula is C107H206O8S5. The Morgan fingerprint density at radius 2 is 0.317 bits per heavy atom. The van der Waals surface area contributed by atoms with Crippen LogP contribution in [-0.4, -0.2) is 83.3 Å². The molecule has 0 aliphatic heterocycles. The van der Waals surface area contributed by atoms with Crippen molar-refractivity contribution in [2.24, 2.45) is 5.41 Å². The zero-order chi connectivity index (χ0) is 87.4. The van der Waals surface area contributed by atoms with Crippen molar-refractivity contribution in [3.8, 4) is 0 Å². The van der Waals surface area contributed by atoms with Crippen molar-refractivity contribution >= 4 is 92.8 Å². The molecule has 0 amide bonds. The van der Waals surface area contributed by atoms with E-state index in [1.807, 2.05) is 0 Å². The van der Waals surface area contributed by atoms with Crippen LogP contribution in [0.2, 0.25) is 0 Å². The zero-order valence-electron chi connectivity index (χ0n) is 81.3. The van der Waals surface area contributed by atoms with E-state index in [-0.39, 0.29) is 11.9 Å². The zero-order valence-corrected chi connectivity index (χ0v) is 85.4. The van der Waals surface area contributed by atoms with Crippen molar-refractivity contribution in [1.29, 1.82) is 0 Å². The highest BCUT2D eigenvalue weighted by Gasteiger charge is 2.37. The number of hydrogen-bond donors (Lipinski definition) is 0. The summed E-state index contributed by atoms with van der Waals surface area (Å²) >= 11 is 25.2. The van der Waals surface area contributed by atoms with Gasteiger partial charge in [0.25, 0.3) is 0 Å². The van der Waals surface area contributed by atoms with Gasteiger partial charge in [0, 0.05) is 37.2 Å². The van der Waals surface area contributed by atoms with E-state index < -0.39 is 5.41 Å². The van der Waals surface area contributed by atoms with Crippen LogP contribution >= 0.6 is 60.6 Å². The molecule has 0 saturated heterocycles. The smallest absolute Gasteiger partial charge is 0.306 e. The molecule has 0 aromatic heterocycles. The second-order valence-corrected chi connectivity index (χ2v) is 39.9. The first-order valence-corrected chi connectivity index (χ1v) is 56.3. The Labute approximate surface area is 775 Å². The van der Waals surface area contributed by atoms with Gasteiger partial charge in [0.1, 0.15) is 31.8 Å². The van der Waals surface area contributed by atoms with E-state index in [9.17, 15) is 9.59 Å². The van der Waals surface area contributed by atoms with E-state index in [0.29, 0.717) is 84.2 Å². The second kappa shape index (κ2) is 105. The van der Waals surface area contributed by atoms with Crippen molar-refractivity contribution < 1.29 is 38.0 Å². The first kappa shape index (κ1) is 121. The molecule has 0 saturated carbocycles. The molecule has 0 aliphatic carbocycles. The molecule has 0 unspecified atom stereocenters. The molecule has 0 aromatic rings. The fraction of sp³-hybridized carbons (Fsp3) is 0.944. The molecule has 712 valence electrons. The number of thioether (sulfide) groups is 1. The summed E-state index contributed by atoms with van der Waals surface area (Å²) in [5, 5.41) is 2.64. The number of unbranched alkanes of at least 4 members (excludes halogenated alkanes) is 74. The first-order chi connectivity index (χ1) is 59.0. The van der Waals surface area contributed by atoms with Crippen LogP contribution in [-0.2, 0) is 38.0 Å².